The number of ether oxygens (including phenoxy) is 2. The maximum Gasteiger partial charge on any atom is 0.163 e. The van der Waals surface area contributed by atoms with Crippen molar-refractivity contribution in [2.45, 2.75) is 13.2 Å². The van der Waals surface area contributed by atoms with Crippen molar-refractivity contribution in [3.8, 4) is 17.2 Å². The van der Waals surface area contributed by atoms with Crippen molar-refractivity contribution >= 4 is 28.9 Å². The van der Waals surface area contributed by atoms with Crippen molar-refractivity contribution in [1.29, 1.82) is 0 Å². The maximum absolute atomic E-state index is 13.9. The molecule has 0 bridgehead atoms. The Morgan fingerprint density at radius 2 is 1.75 bits per heavy atom. The molecule has 0 aliphatic rings. The van der Waals surface area contributed by atoms with E-state index in [1.54, 1.807) is 42.5 Å². The van der Waals surface area contributed by atoms with Crippen LogP contribution in [0.2, 0.25) is 10.0 Å². The summed E-state index contributed by atoms with van der Waals surface area (Å²) in [6, 6.07) is 14.6. The van der Waals surface area contributed by atoms with Crippen LogP contribution in [0, 0.1) is 5.82 Å². The lowest BCUT2D eigenvalue weighted by molar-refractivity contribution is 0.279. The monoisotopic (exact) mass is 421 g/mol. The van der Waals surface area contributed by atoms with E-state index in [0.29, 0.717) is 28.1 Å². The highest BCUT2D eigenvalue weighted by molar-refractivity contribution is 6.31. The van der Waals surface area contributed by atoms with E-state index >= 15 is 0 Å². The van der Waals surface area contributed by atoms with E-state index < -0.39 is 5.82 Å². The lowest BCUT2D eigenvalue weighted by Crippen LogP contribution is -2.04. The Bertz CT molecular complexity index is 944. The van der Waals surface area contributed by atoms with E-state index in [0.717, 1.165) is 11.3 Å². The summed E-state index contributed by atoms with van der Waals surface area (Å²) in [5.41, 5.74) is 1.89. The minimum Gasteiger partial charge on any atom is -0.508 e. The molecule has 0 aliphatic heterocycles. The van der Waals surface area contributed by atoms with Crippen LogP contribution in [0.5, 0.6) is 17.2 Å². The first-order valence-electron chi connectivity index (χ1n) is 8.43. The third-order valence-electron chi connectivity index (χ3n) is 4.12. The first-order chi connectivity index (χ1) is 13.5. The Morgan fingerprint density at radius 3 is 2.43 bits per heavy atom. The van der Waals surface area contributed by atoms with Crippen LogP contribution in [-0.2, 0) is 13.2 Å². The molecular formula is C21H18Cl2FNO3. The second-order valence-electron chi connectivity index (χ2n) is 5.98. The van der Waals surface area contributed by atoms with E-state index in [1.165, 1.54) is 19.2 Å². The summed E-state index contributed by atoms with van der Waals surface area (Å²) in [5, 5.41) is 13.3. The number of aromatic hydroxyl groups is 1. The Morgan fingerprint density at radius 1 is 1.00 bits per heavy atom. The zero-order valence-corrected chi connectivity index (χ0v) is 16.5. The van der Waals surface area contributed by atoms with Gasteiger partial charge in [0, 0.05) is 28.9 Å². The second kappa shape index (κ2) is 9.04. The van der Waals surface area contributed by atoms with Crippen LogP contribution < -0.4 is 14.8 Å². The molecular weight excluding hydrogens is 404 g/mol. The van der Waals surface area contributed by atoms with E-state index in [2.05, 4.69) is 5.32 Å². The minimum absolute atomic E-state index is 0.0523. The normalized spacial score (nSPS) is 10.6. The van der Waals surface area contributed by atoms with Crippen LogP contribution in [-0.4, -0.2) is 12.2 Å². The van der Waals surface area contributed by atoms with Gasteiger partial charge in [0.2, 0.25) is 0 Å². The highest BCUT2D eigenvalue weighted by atomic mass is 35.5. The van der Waals surface area contributed by atoms with Crippen molar-refractivity contribution in [3.05, 3.63) is 81.6 Å². The van der Waals surface area contributed by atoms with Crippen LogP contribution in [0.25, 0.3) is 0 Å². The average Bonchev–Trinajstić information content (AvgIpc) is 2.68. The van der Waals surface area contributed by atoms with Crippen LogP contribution in [0.4, 0.5) is 10.1 Å². The fourth-order valence-corrected chi connectivity index (χ4v) is 3.02. The molecule has 4 nitrogen and oxygen atoms in total. The molecule has 3 aromatic rings. The number of halogens is 3. The summed E-state index contributed by atoms with van der Waals surface area (Å²) < 4.78 is 25.0. The standard InChI is InChI=1S/C21H18Cl2FNO3/c1-27-20-9-13(11-25-14-5-7-15(26)8-6-14)18(23)10-21(20)28-12-16-17(22)3-2-4-19(16)24/h2-10,25-26H,11-12H2,1H3. The van der Waals surface area contributed by atoms with Crippen LogP contribution in [0.3, 0.4) is 0 Å². The molecule has 0 saturated carbocycles. The first kappa shape index (κ1) is 20.1. The molecule has 0 aromatic heterocycles. The molecule has 146 valence electrons. The summed E-state index contributed by atoms with van der Waals surface area (Å²) in [6.45, 7) is 0.392. The van der Waals surface area contributed by atoms with E-state index in [1.807, 2.05) is 0 Å². The fraction of sp³-hybridized carbons (Fsp3) is 0.143. The average molecular weight is 422 g/mol. The number of hydrogen-bond acceptors (Lipinski definition) is 4. The molecule has 0 spiro atoms. The van der Waals surface area contributed by atoms with Gasteiger partial charge < -0.3 is 19.9 Å². The predicted molar refractivity (Wildman–Crippen MR) is 109 cm³/mol. The second-order valence-corrected chi connectivity index (χ2v) is 6.80. The smallest absolute Gasteiger partial charge is 0.163 e. The first-order valence-corrected chi connectivity index (χ1v) is 9.18. The van der Waals surface area contributed by atoms with Crippen molar-refractivity contribution in [1.82, 2.24) is 0 Å². The van der Waals surface area contributed by atoms with Gasteiger partial charge >= 0.3 is 0 Å². The third-order valence-corrected chi connectivity index (χ3v) is 4.82. The predicted octanol–water partition coefficient (Wildman–Crippen LogP) is 6.04. The Kier molecular flexibility index (Phi) is 6.49. The number of methoxy groups -OCH3 is 1. The van der Waals surface area contributed by atoms with E-state index in [-0.39, 0.29) is 17.9 Å². The molecule has 3 aromatic carbocycles. The largest absolute Gasteiger partial charge is 0.508 e. The molecule has 0 radical (unpaired) electrons. The van der Waals surface area contributed by atoms with Crippen LogP contribution >= 0.6 is 23.2 Å². The van der Waals surface area contributed by atoms with Crippen molar-refractivity contribution in [2.24, 2.45) is 0 Å². The Balaban J connectivity index is 1.74. The Labute approximate surface area is 172 Å². The molecule has 0 heterocycles. The van der Waals surface area contributed by atoms with Gasteiger partial charge in [0.1, 0.15) is 18.2 Å². The van der Waals surface area contributed by atoms with Gasteiger partial charge in [-0.3, -0.25) is 0 Å². The van der Waals surface area contributed by atoms with Gasteiger partial charge in [-0.15, -0.1) is 0 Å². The van der Waals surface area contributed by atoms with Gasteiger partial charge in [0.25, 0.3) is 0 Å². The quantitative estimate of drug-likeness (QED) is 0.456. The van der Waals surface area contributed by atoms with Crippen molar-refractivity contribution in [3.63, 3.8) is 0 Å². The molecule has 0 aliphatic carbocycles. The molecule has 28 heavy (non-hydrogen) atoms. The van der Waals surface area contributed by atoms with Crippen molar-refractivity contribution in [2.75, 3.05) is 12.4 Å². The summed E-state index contributed by atoms with van der Waals surface area (Å²) in [7, 11) is 1.52. The van der Waals surface area contributed by atoms with Gasteiger partial charge in [-0.2, -0.15) is 0 Å². The third kappa shape index (κ3) is 4.80. The number of rotatable bonds is 7. The molecule has 0 unspecified atom stereocenters. The van der Waals surface area contributed by atoms with Crippen LogP contribution in [0.1, 0.15) is 11.1 Å². The zero-order valence-electron chi connectivity index (χ0n) is 15.0. The maximum atomic E-state index is 13.9. The number of phenols is 1. The molecule has 0 saturated heterocycles. The van der Waals surface area contributed by atoms with Crippen molar-refractivity contribution < 1.29 is 19.0 Å². The van der Waals surface area contributed by atoms with E-state index in [9.17, 15) is 9.50 Å². The molecule has 0 fully saturated rings. The lowest BCUT2D eigenvalue weighted by Gasteiger charge is -2.15. The van der Waals surface area contributed by atoms with Gasteiger partial charge in [-0.05, 0) is 48.0 Å². The van der Waals surface area contributed by atoms with Crippen LogP contribution in [0.15, 0.2) is 54.6 Å². The minimum atomic E-state index is -0.438. The molecule has 0 atom stereocenters. The summed E-state index contributed by atoms with van der Waals surface area (Å²) in [4.78, 5) is 0. The number of anilines is 1. The number of hydrogen-bond donors (Lipinski definition) is 2. The summed E-state index contributed by atoms with van der Waals surface area (Å²) in [5.74, 6) is 0.619. The molecule has 0 amide bonds. The number of nitrogens with one attached hydrogen (secondary N) is 1. The topological polar surface area (TPSA) is 50.7 Å². The van der Waals surface area contributed by atoms with Gasteiger partial charge in [0.15, 0.2) is 11.5 Å². The number of phenolic OH excluding ortho intramolecular Hbond substituents is 1. The van der Waals surface area contributed by atoms with Gasteiger partial charge in [0.05, 0.1) is 12.1 Å². The summed E-state index contributed by atoms with van der Waals surface area (Å²) >= 11 is 12.4. The summed E-state index contributed by atoms with van der Waals surface area (Å²) in [6.07, 6.45) is 0. The lowest BCUT2D eigenvalue weighted by atomic mass is 10.2. The highest BCUT2D eigenvalue weighted by Crippen LogP contribution is 2.35. The Hall–Kier alpha value is -2.63. The molecule has 2 N–H and O–H groups in total. The molecule has 3 rings (SSSR count). The highest BCUT2D eigenvalue weighted by Gasteiger charge is 2.13. The van der Waals surface area contributed by atoms with E-state index in [4.69, 9.17) is 32.7 Å². The molecule has 7 heteroatoms. The zero-order chi connectivity index (χ0) is 20.1. The fourth-order valence-electron chi connectivity index (χ4n) is 2.58. The SMILES string of the molecule is COc1cc(CNc2ccc(O)cc2)c(Cl)cc1OCc1c(F)cccc1Cl. The van der Waals surface area contributed by atoms with Gasteiger partial charge in [-0.25, -0.2) is 4.39 Å². The number of benzene rings is 3. The van der Waals surface area contributed by atoms with Gasteiger partial charge in [-0.1, -0.05) is 29.3 Å².